The van der Waals surface area contributed by atoms with Gasteiger partial charge in [0.25, 0.3) is 5.56 Å². The average molecular weight is 322 g/mol. The SMILES string of the molecule is C[C@H](C1CC1)n1cc(Br)nc(Br)c1=O. The highest BCUT2D eigenvalue weighted by atomic mass is 79.9. The van der Waals surface area contributed by atoms with Crippen LogP contribution in [0.5, 0.6) is 0 Å². The van der Waals surface area contributed by atoms with E-state index in [1.54, 1.807) is 10.8 Å². The molecule has 1 aromatic heterocycles. The maximum Gasteiger partial charge on any atom is 0.283 e. The molecule has 0 amide bonds. The Labute approximate surface area is 98.8 Å². The van der Waals surface area contributed by atoms with Crippen LogP contribution in [0.2, 0.25) is 0 Å². The highest BCUT2D eigenvalue weighted by molar-refractivity contribution is 9.11. The minimum atomic E-state index is -0.0485. The van der Waals surface area contributed by atoms with E-state index in [9.17, 15) is 4.79 Å². The monoisotopic (exact) mass is 320 g/mol. The van der Waals surface area contributed by atoms with Gasteiger partial charge in [0.05, 0.1) is 0 Å². The molecule has 0 N–H and O–H groups in total. The molecule has 3 nitrogen and oxygen atoms in total. The molecule has 0 radical (unpaired) electrons. The van der Waals surface area contributed by atoms with Crippen molar-refractivity contribution in [2.75, 3.05) is 0 Å². The number of hydrogen-bond acceptors (Lipinski definition) is 2. The van der Waals surface area contributed by atoms with Crippen LogP contribution in [0.3, 0.4) is 0 Å². The van der Waals surface area contributed by atoms with E-state index in [1.807, 2.05) is 0 Å². The highest BCUT2D eigenvalue weighted by Crippen LogP contribution is 2.38. The smallest absolute Gasteiger partial charge is 0.283 e. The Balaban J connectivity index is 2.45. The molecule has 1 saturated carbocycles. The van der Waals surface area contributed by atoms with Crippen molar-refractivity contribution in [3.8, 4) is 0 Å². The van der Waals surface area contributed by atoms with E-state index < -0.39 is 0 Å². The Hall–Kier alpha value is -0.160. The van der Waals surface area contributed by atoms with E-state index in [-0.39, 0.29) is 11.6 Å². The third-order valence-electron chi connectivity index (χ3n) is 2.60. The molecule has 5 heteroatoms. The van der Waals surface area contributed by atoms with Gasteiger partial charge >= 0.3 is 0 Å². The van der Waals surface area contributed by atoms with Gasteiger partial charge in [0.1, 0.15) is 4.60 Å². The van der Waals surface area contributed by atoms with Gasteiger partial charge in [-0.25, -0.2) is 4.98 Å². The lowest BCUT2D eigenvalue weighted by Crippen LogP contribution is -2.25. The molecule has 14 heavy (non-hydrogen) atoms. The summed E-state index contributed by atoms with van der Waals surface area (Å²) in [6.07, 6.45) is 4.21. The van der Waals surface area contributed by atoms with Gasteiger partial charge in [-0.15, -0.1) is 0 Å². The minimum absolute atomic E-state index is 0.0485. The van der Waals surface area contributed by atoms with Crippen molar-refractivity contribution >= 4 is 31.9 Å². The zero-order chi connectivity index (χ0) is 10.3. The van der Waals surface area contributed by atoms with Crippen molar-refractivity contribution in [2.45, 2.75) is 25.8 Å². The summed E-state index contributed by atoms with van der Waals surface area (Å²) in [5.74, 6) is 0.661. The minimum Gasteiger partial charge on any atom is -0.307 e. The maximum absolute atomic E-state index is 11.7. The van der Waals surface area contributed by atoms with Gasteiger partial charge in [-0.2, -0.15) is 0 Å². The van der Waals surface area contributed by atoms with E-state index in [4.69, 9.17) is 0 Å². The van der Waals surface area contributed by atoms with E-state index in [2.05, 4.69) is 43.8 Å². The molecule has 1 heterocycles. The lowest BCUT2D eigenvalue weighted by molar-refractivity contribution is 0.466. The second-order valence-corrected chi connectivity index (χ2v) is 5.21. The van der Waals surface area contributed by atoms with E-state index in [0.717, 1.165) is 0 Å². The Morgan fingerprint density at radius 3 is 2.79 bits per heavy atom. The first-order valence-corrected chi connectivity index (χ1v) is 6.12. The molecule has 1 fully saturated rings. The first-order chi connectivity index (χ1) is 6.59. The number of rotatable bonds is 2. The van der Waals surface area contributed by atoms with Crippen LogP contribution < -0.4 is 5.56 Å². The van der Waals surface area contributed by atoms with Gasteiger partial charge in [-0.1, -0.05) is 0 Å². The van der Waals surface area contributed by atoms with Gasteiger partial charge in [0.2, 0.25) is 0 Å². The quantitative estimate of drug-likeness (QED) is 0.839. The second kappa shape index (κ2) is 3.77. The molecule has 0 spiro atoms. The summed E-state index contributed by atoms with van der Waals surface area (Å²) in [6, 6.07) is 0.276. The van der Waals surface area contributed by atoms with Crippen LogP contribution in [-0.4, -0.2) is 9.55 Å². The second-order valence-electron chi connectivity index (χ2n) is 3.64. The van der Waals surface area contributed by atoms with Crippen LogP contribution in [0.4, 0.5) is 0 Å². The van der Waals surface area contributed by atoms with Crippen LogP contribution in [-0.2, 0) is 0 Å². The van der Waals surface area contributed by atoms with Crippen LogP contribution >= 0.6 is 31.9 Å². The van der Waals surface area contributed by atoms with E-state index in [1.165, 1.54) is 12.8 Å². The number of halogens is 2. The molecule has 0 saturated heterocycles. The zero-order valence-corrected chi connectivity index (χ0v) is 10.9. The molecule has 0 unspecified atom stereocenters. The Morgan fingerprint density at radius 1 is 1.57 bits per heavy atom. The third-order valence-corrected chi connectivity index (χ3v) is 3.50. The first-order valence-electron chi connectivity index (χ1n) is 4.54. The summed E-state index contributed by atoms with van der Waals surface area (Å²) in [4.78, 5) is 15.7. The fourth-order valence-corrected chi connectivity index (χ4v) is 2.59. The van der Waals surface area contributed by atoms with Gasteiger partial charge in [0.15, 0.2) is 4.60 Å². The lowest BCUT2D eigenvalue weighted by atomic mass is 10.2. The summed E-state index contributed by atoms with van der Waals surface area (Å²) >= 11 is 6.44. The molecule has 1 aliphatic rings. The van der Waals surface area contributed by atoms with Crippen LogP contribution in [0, 0.1) is 5.92 Å². The molecule has 1 aliphatic carbocycles. The van der Waals surface area contributed by atoms with Crippen molar-refractivity contribution in [2.24, 2.45) is 5.92 Å². The number of hydrogen-bond donors (Lipinski definition) is 0. The Kier molecular flexibility index (Phi) is 2.79. The van der Waals surface area contributed by atoms with Gasteiger partial charge in [-0.05, 0) is 57.5 Å². The van der Waals surface area contributed by atoms with Crippen LogP contribution in [0.25, 0.3) is 0 Å². The molecule has 76 valence electrons. The summed E-state index contributed by atoms with van der Waals surface area (Å²) in [5, 5.41) is 0. The summed E-state index contributed by atoms with van der Waals surface area (Å²) in [5.41, 5.74) is -0.0485. The predicted molar refractivity (Wildman–Crippen MR) is 61.3 cm³/mol. The topological polar surface area (TPSA) is 34.9 Å². The fourth-order valence-electron chi connectivity index (χ4n) is 1.56. The van der Waals surface area contributed by atoms with Gasteiger partial charge < -0.3 is 4.57 Å². The Morgan fingerprint density at radius 2 is 2.21 bits per heavy atom. The summed E-state index contributed by atoms with van der Waals surface area (Å²) in [7, 11) is 0. The highest BCUT2D eigenvalue weighted by Gasteiger charge is 2.30. The molecule has 0 aliphatic heterocycles. The normalized spacial score (nSPS) is 18.2. The zero-order valence-electron chi connectivity index (χ0n) is 7.70. The van der Waals surface area contributed by atoms with E-state index >= 15 is 0 Å². The van der Waals surface area contributed by atoms with Crippen molar-refractivity contribution < 1.29 is 0 Å². The summed E-state index contributed by atoms with van der Waals surface area (Å²) < 4.78 is 2.81. The van der Waals surface area contributed by atoms with Crippen molar-refractivity contribution in [3.05, 3.63) is 25.8 Å². The number of nitrogens with zero attached hydrogens (tertiary/aromatic N) is 2. The van der Waals surface area contributed by atoms with Crippen molar-refractivity contribution in [1.82, 2.24) is 9.55 Å². The Bertz CT molecular complexity index is 412. The largest absolute Gasteiger partial charge is 0.307 e. The summed E-state index contributed by atoms with van der Waals surface area (Å²) in [6.45, 7) is 2.08. The molecule has 1 atom stereocenters. The average Bonchev–Trinajstić information content (AvgIpc) is 2.93. The van der Waals surface area contributed by atoms with Gasteiger partial charge in [0, 0.05) is 12.2 Å². The predicted octanol–water partition coefficient (Wildman–Crippen LogP) is 2.74. The molecular weight excluding hydrogens is 312 g/mol. The number of aromatic nitrogens is 2. The van der Waals surface area contributed by atoms with Crippen molar-refractivity contribution in [3.63, 3.8) is 0 Å². The van der Waals surface area contributed by atoms with Crippen LogP contribution in [0.1, 0.15) is 25.8 Å². The molecular formula is C9H10Br2N2O. The standard InChI is InChI=1S/C9H10Br2N2O/c1-5(6-2-3-6)13-4-7(10)12-8(11)9(13)14/h4-6H,2-3H2,1H3/t5-/m1/s1. The molecule has 1 aromatic rings. The van der Waals surface area contributed by atoms with Crippen molar-refractivity contribution in [1.29, 1.82) is 0 Å². The molecule has 2 rings (SSSR count). The first kappa shape index (κ1) is 10.4. The maximum atomic E-state index is 11.7. The fraction of sp³-hybridized carbons (Fsp3) is 0.556. The van der Waals surface area contributed by atoms with Crippen LogP contribution in [0.15, 0.2) is 20.2 Å². The lowest BCUT2D eigenvalue weighted by Gasteiger charge is -2.14. The molecule has 0 bridgehead atoms. The van der Waals surface area contributed by atoms with Gasteiger partial charge in [-0.3, -0.25) is 4.79 Å². The molecule has 0 aromatic carbocycles. The third kappa shape index (κ3) is 1.93. The van der Waals surface area contributed by atoms with E-state index in [0.29, 0.717) is 15.1 Å².